The number of amides is 3. The van der Waals surface area contributed by atoms with Crippen LogP contribution in [0.1, 0.15) is 48.8 Å². The molecule has 2 aromatic carbocycles. The van der Waals surface area contributed by atoms with Gasteiger partial charge in [-0.2, -0.15) is 0 Å². The number of unbranched alkanes of at least 4 members (excludes halogenated alkanes) is 1. The number of aromatic nitrogens is 1. The summed E-state index contributed by atoms with van der Waals surface area (Å²) in [5.74, 6) is -0.639. The van der Waals surface area contributed by atoms with Gasteiger partial charge >= 0.3 is 0 Å². The number of hydrogen-bond donors (Lipinski definition) is 1. The molecule has 6 nitrogen and oxygen atoms in total. The molecule has 2 heterocycles. The summed E-state index contributed by atoms with van der Waals surface area (Å²) >= 11 is 4.79. The zero-order valence-electron chi connectivity index (χ0n) is 15.9. The fraction of sp³-hybridized carbons (Fsp3) is 0.182. The van der Waals surface area contributed by atoms with Gasteiger partial charge in [-0.05, 0) is 49.6 Å². The minimum Gasteiger partial charge on any atom is -0.298 e. The van der Waals surface area contributed by atoms with Gasteiger partial charge in [0, 0.05) is 27.7 Å². The number of thiazole rings is 1. The number of halogens is 1. The highest BCUT2D eigenvalue weighted by Crippen LogP contribution is 2.24. The largest absolute Gasteiger partial charge is 0.298 e. The van der Waals surface area contributed by atoms with E-state index < -0.39 is 0 Å². The van der Waals surface area contributed by atoms with E-state index in [1.807, 2.05) is 6.07 Å². The monoisotopic (exact) mass is 483 g/mol. The first kappa shape index (κ1) is 20.4. The molecule has 4 rings (SSSR count). The molecule has 3 amide bonds. The fourth-order valence-electron chi connectivity index (χ4n) is 3.29. The topological polar surface area (TPSA) is 79.4 Å². The van der Waals surface area contributed by atoms with Gasteiger partial charge in [-0.1, -0.05) is 34.1 Å². The number of nitrogens with zero attached hydrogens (tertiary/aromatic N) is 2. The second-order valence-electron chi connectivity index (χ2n) is 6.86. The summed E-state index contributed by atoms with van der Waals surface area (Å²) in [7, 11) is 0. The fourth-order valence-corrected chi connectivity index (χ4v) is 4.54. The van der Waals surface area contributed by atoms with Crippen molar-refractivity contribution in [2.75, 3.05) is 11.9 Å². The van der Waals surface area contributed by atoms with E-state index in [0.29, 0.717) is 34.8 Å². The minimum absolute atomic E-state index is 0.206. The highest BCUT2D eigenvalue weighted by Gasteiger charge is 2.34. The summed E-state index contributed by atoms with van der Waals surface area (Å²) in [4.78, 5) is 43.7. The Morgan fingerprint density at radius 2 is 1.77 bits per heavy atom. The molecule has 0 aliphatic carbocycles. The summed E-state index contributed by atoms with van der Waals surface area (Å²) in [6.07, 6.45) is 4.05. The first-order valence-corrected chi connectivity index (χ1v) is 11.1. The van der Waals surface area contributed by atoms with Crippen LogP contribution in [0.4, 0.5) is 5.13 Å². The lowest BCUT2D eigenvalue weighted by Gasteiger charge is -2.13. The van der Waals surface area contributed by atoms with Gasteiger partial charge in [-0.15, -0.1) is 11.3 Å². The highest BCUT2D eigenvalue weighted by atomic mass is 79.9. The molecule has 8 heteroatoms. The average Bonchev–Trinajstić information content (AvgIpc) is 3.29. The van der Waals surface area contributed by atoms with Gasteiger partial charge in [0.1, 0.15) is 0 Å². The van der Waals surface area contributed by atoms with Crippen LogP contribution >= 0.6 is 27.3 Å². The van der Waals surface area contributed by atoms with E-state index in [1.165, 1.54) is 16.2 Å². The number of imide groups is 1. The molecule has 1 aromatic heterocycles. The Balaban J connectivity index is 1.26. The van der Waals surface area contributed by atoms with Crippen molar-refractivity contribution in [2.45, 2.75) is 19.3 Å². The van der Waals surface area contributed by atoms with Crippen molar-refractivity contribution in [3.8, 4) is 0 Å². The molecule has 0 spiro atoms. The minimum atomic E-state index is -0.217. The van der Waals surface area contributed by atoms with Crippen molar-refractivity contribution in [2.24, 2.45) is 0 Å². The van der Waals surface area contributed by atoms with Gasteiger partial charge in [0.15, 0.2) is 5.13 Å². The van der Waals surface area contributed by atoms with Crippen LogP contribution < -0.4 is 5.32 Å². The smallest absolute Gasteiger partial charge is 0.261 e. The highest BCUT2D eigenvalue weighted by molar-refractivity contribution is 9.10. The maximum absolute atomic E-state index is 12.4. The average molecular weight is 484 g/mol. The molecule has 0 radical (unpaired) electrons. The second kappa shape index (κ2) is 8.89. The number of anilines is 1. The summed E-state index contributed by atoms with van der Waals surface area (Å²) < 4.78 is 0.841. The first-order chi connectivity index (χ1) is 14.5. The van der Waals surface area contributed by atoms with E-state index in [0.717, 1.165) is 22.2 Å². The molecule has 152 valence electrons. The molecule has 0 unspecified atom stereocenters. The van der Waals surface area contributed by atoms with Crippen LogP contribution in [-0.4, -0.2) is 34.2 Å². The Hall–Kier alpha value is -2.84. The maximum atomic E-state index is 12.4. The van der Waals surface area contributed by atoms with Crippen molar-refractivity contribution in [1.82, 2.24) is 9.88 Å². The molecule has 1 aliphatic rings. The summed E-state index contributed by atoms with van der Waals surface area (Å²) in [6, 6.07) is 14.1. The van der Waals surface area contributed by atoms with Crippen molar-refractivity contribution in [3.63, 3.8) is 0 Å². The molecule has 1 aliphatic heterocycles. The van der Waals surface area contributed by atoms with Crippen LogP contribution in [0.2, 0.25) is 0 Å². The molecule has 0 atom stereocenters. The van der Waals surface area contributed by atoms with Crippen LogP contribution in [-0.2, 0) is 6.42 Å². The Bertz CT molecular complexity index is 1090. The Morgan fingerprint density at radius 3 is 2.47 bits per heavy atom. The number of fused-ring (bicyclic) bond motifs is 1. The molecule has 3 aromatic rings. The van der Waals surface area contributed by atoms with Gasteiger partial charge < -0.3 is 0 Å². The standard InChI is InChI=1S/C22H18BrN3O3S/c23-15-7-5-6-14(12-15)19(27)25-22-24-13-16(30-22)8-3-4-11-26-20(28)17-9-1-2-10-18(17)21(26)29/h1-2,5-7,9-10,12-13H,3-4,8,11H2,(H,24,25,27). The number of carbonyl (C=O) groups excluding carboxylic acids is 3. The van der Waals surface area contributed by atoms with Gasteiger partial charge in [-0.3, -0.25) is 24.6 Å². The SMILES string of the molecule is O=C(Nc1ncc(CCCCN2C(=O)c3ccccc3C2=O)s1)c1cccc(Br)c1. The number of hydrogen-bond acceptors (Lipinski definition) is 5. The lowest BCUT2D eigenvalue weighted by Crippen LogP contribution is -2.30. The molecule has 0 saturated carbocycles. The van der Waals surface area contributed by atoms with Gasteiger partial charge in [0.2, 0.25) is 0 Å². The third-order valence-corrected chi connectivity index (χ3v) is 6.26. The third-order valence-electron chi connectivity index (χ3n) is 4.79. The molecule has 0 fully saturated rings. The van der Waals surface area contributed by atoms with E-state index in [9.17, 15) is 14.4 Å². The third kappa shape index (κ3) is 4.34. The van der Waals surface area contributed by atoms with E-state index in [4.69, 9.17) is 0 Å². The second-order valence-corrected chi connectivity index (χ2v) is 8.89. The summed E-state index contributed by atoms with van der Waals surface area (Å²) in [5, 5.41) is 3.36. The number of aryl methyl sites for hydroxylation is 1. The summed E-state index contributed by atoms with van der Waals surface area (Å²) in [5.41, 5.74) is 1.52. The number of rotatable bonds is 7. The molecule has 0 bridgehead atoms. The maximum Gasteiger partial charge on any atom is 0.261 e. The van der Waals surface area contributed by atoms with Crippen molar-refractivity contribution in [3.05, 3.63) is 80.8 Å². The Labute approximate surface area is 186 Å². The normalized spacial score (nSPS) is 12.9. The van der Waals surface area contributed by atoms with Crippen LogP contribution in [0.15, 0.2) is 59.2 Å². The molecule has 30 heavy (non-hydrogen) atoms. The van der Waals surface area contributed by atoms with E-state index in [1.54, 1.807) is 48.7 Å². The van der Waals surface area contributed by atoms with E-state index >= 15 is 0 Å². The van der Waals surface area contributed by atoms with Crippen LogP contribution in [0.5, 0.6) is 0 Å². The predicted molar refractivity (Wildman–Crippen MR) is 119 cm³/mol. The number of carbonyl (C=O) groups is 3. The number of nitrogens with one attached hydrogen (secondary N) is 1. The lowest BCUT2D eigenvalue weighted by atomic mass is 10.1. The van der Waals surface area contributed by atoms with E-state index in [2.05, 4.69) is 26.2 Å². The van der Waals surface area contributed by atoms with Crippen molar-refractivity contribution < 1.29 is 14.4 Å². The van der Waals surface area contributed by atoms with Crippen LogP contribution in [0.3, 0.4) is 0 Å². The quantitative estimate of drug-likeness (QED) is 0.387. The van der Waals surface area contributed by atoms with Gasteiger partial charge in [0.25, 0.3) is 17.7 Å². The summed E-state index contributed by atoms with van der Waals surface area (Å²) in [6.45, 7) is 0.400. The van der Waals surface area contributed by atoms with Crippen molar-refractivity contribution >= 4 is 50.1 Å². The predicted octanol–water partition coefficient (Wildman–Crippen LogP) is 4.78. The first-order valence-electron chi connectivity index (χ1n) is 9.50. The zero-order valence-corrected chi connectivity index (χ0v) is 18.3. The zero-order chi connectivity index (χ0) is 21.1. The van der Waals surface area contributed by atoms with Gasteiger partial charge in [0.05, 0.1) is 11.1 Å². The lowest BCUT2D eigenvalue weighted by molar-refractivity contribution is 0.0651. The van der Waals surface area contributed by atoms with Gasteiger partial charge in [-0.25, -0.2) is 4.98 Å². The van der Waals surface area contributed by atoms with E-state index in [-0.39, 0.29) is 17.7 Å². The molecular formula is C22H18BrN3O3S. The Kier molecular flexibility index (Phi) is 6.06. The van der Waals surface area contributed by atoms with Crippen LogP contribution in [0.25, 0.3) is 0 Å². The Morgan fingerprint density at radius 1 is 1.03 bits per heavy atom. The molecular weight excluding hydrogens is 466 g/mol. The molecule has 1 N–H and O–H groups in total. The van der Waals surface area contributed by atoms with Crippen molar-refractivity contribution in [1.29, 1.82) is 0 Å². The van der Waals surface area contributed by atoms with Crippen LogP contribution in [0, 0.1) is 0 Å². The number of benzene rings is 2. The molecule has 0 saturated heterocycles.